The molecule has 2 unspecified atom stereocenters. The zero-order valence-electron chi connectivity index (χ0n) is 11.0. The Morgan fingerprint density at radius 1 is 1.29 bits per heavy atom. The highest BCUT2D eigenvalue weighted by Gasteiger charge is 2.49. The maximum absolute atomic E-state index is 11.9. The van der Waals surface area contributed by atoms with Crippen LogP contribution in [0.4, 0.5) is 0 Å². The van der Waals surface area contributed by atoms with E-state index in [4.69, 9.17) is 4.99 Å². The highest BCUT2D eigenvalue weighted by Crippen LogP contribution is 2.51. The lowest BCUT2D eigenvalue weighted by Crippen LogP contribution is -2.44. The van der Waals surface area contributed by atoms with E-state index in [1.54, 1.807) is 0 Å². The van der Waals surface area contributed by atoms with Crippen molar-refractivity contribution < 1.29 is 4.79 Å². The number of hydrogen-bond acceptors (Lipinski definition) is 2. The number of rotatable bonds is 1. The minimum atomic E-state index is 0.108. The van der Waals surface area contributed by atoms with Gasteiger partial charge in [-0.15, -0.1) is 0 Å². The third kappa shape index (κ3) is 2.00. The van der Waals surface area contributed by atoms with E-state index in [0.29, 0.717) is 11.5 Å². The molecule has 0 aromatic heterocycles. The number of amides is 1. The Kier molecular flexibility index (Phi) is 2.20. The van der Waals surface area contributed by atoms with Crippen LogP contribution in [0.2, 0.25) is 0 Å². The SMILES string of the molecule is CC1(C)CC2CC(C)(C1)C(NC(=O)C1CC1)=N2. The quantitative estimate of drug-likeness (QED) is 0.744. The smallest absolute Gasteiger partial charge is 0.228 e. The van der Waals surface area contributed by atoms with Crippen molar-refractivity contribution in [1.29, 1.82) is 0 Å². The van der Waals surface area contributed by atoms with Crippen molar-refractivity contribution in [3.63, 3.8) is 0 Å². The molecule has 0 saturated heterocycles. The van der Waals surface area contributed by atoms with Gasteiger partial charge in [0, 0.05) is 11.3 Å². The third-order valence-electron chi connectivity index (χ3n) is 4.42. The molecule has 2 aliphatic carbocycles. The molecule has 0 radical (unpaired) electrons. The molecule has 2 fully saturated rings. The summed E-state index contributed by atoms with van der Waals surface area (Å²) >= 11 is 0. The molecule has 1 amide bonds. The first-order valence-corrected chi connectivity index (χ1v) is 6.77. The molecule has 2 bridgehead atoms. The van der Waals surface area contributed by atoms with Crippen molar-refractivity contribution in [2.24, 2.45) is 21.7 Å². The predicted molar refractivity (Wildman–Crippen MR) is 67.8 cm³/mol. The summed E-state index contributed by atoms with van der Waals surface area (Å²) in [6.45, 7) is 6.90. The van der Waals surface area contributed by atoms with Gasteiger partial charge in [-0.2, -0.15) is 0 Å². The summed E-state index contributed by atoms with van der Waals surface area (Å²) in [6.07, 6.45) is 5.54. The van der Waals surface area contributed by atoms with E-state index in [0.717, 1.165) is 37.9 Å². The number of nitrogens with one attached hydrogen (secondary N) is 1. The second-order valence-corrected chi connectivity index (χ2v) is 7.20. The molecule has 94 valence electrons. The molecule has 1 heterocycles. The monoisotopic (exact) mass is 234 g/mol. The molecular formula is C14H22N2O. The van der Waals surface area contributed by atoms with Gasteiger partial charge in [-0.25, -0.2) is 0 Å². The number of fused-ring (bicyclic) bond motifs is 2. The first-order chi connectivity index (χ1) is 7.88. The maximum atomic E-state index is 11.9. The van der Waals surface area contributed by atoms with Gasteiger partial charge in [0.05, 0.1) is 6.04 Å². The van der Waals surface area contributed by atoms with Crippen LogP contribution in [0.5, 0.6) is 0 Å². The number of carbonyl (C=O) groups is 1. The van der Waals surface area contributed by atoms with Crippen molar-refractivity contribution >= 4 is 11.7 Å². The average molecular weight is 234 g/mol. The Bertz CT molecular complexity index is 395. The van der Waals surface area contributed by atoms with E-state index in [2.05, 4.69) is 26.1 Å². The first kappa shape index (κ1) is 11.2. The first-order valence-electron chi connectivity index (χ1n) is 6.77. The normalized spacial score (nSPS) is 38.8. The average Bonchev–Trinajstić information content (AvgIpc) is 2.92. The molecule has 3 nitrogen and oxygen atoms in total. The van der Waals surface area contributed by atoms with Crippen LogP contribution in [-0.2, 0) is 4.79 Å². The molecule has 2 saturated carbocycles. The molecule has 17 heavy (non-hydrogen) atoms. The van der Waals surface area contributed by atoms with Gasteiger partial charge in [-0.1, -0.05) is 20.8 Å². The molecule has 0 spiro atoms. The zero-order valence-corrected chi connectivity index (χ0v) is 11.0. The van der Waals surface area contributed by atoms with E-state index in [1.807, 2.05) is 0 Å². The van der Waals surface area contributed by atoms with E-state index in [1.165, 1.54) is 0 Å². The molecule has 1 aliphatic heterocycles. The van der Waals surface area contributed by atoms with E-state index in [9.17, 15) is 4.79 Å². The fraction of sp³-hybridized carbons (Fsp3) is 0.857. The van der Waals surface area contributed by atoms with Crippen LogP contribution in [0.25, 0.3) is 0 Å². The summed E-state index contributed by atoms with van der Waals surface area (Å²) < 4.78 is 0. The molecular weight excluding hydrogens is 212 g/mol. The standard InChI is InChI=1S/C14H22N2O/c1-13(2)6-10-7-14(3,8-13)12(15-10)16-11(17)9-4-5-9/h9-10H,4-8H2,1-3H3,(H,15,16,17). The molecule has 3 heteroatoms. The van der Waals surface area contributed by atoms with Gasteiger partial charge < -0.3 is 5.32 Å². The van der Waals surface area contributed by atoms with E-state index < -0.39 is 0 Å². The van der Waals surface area contributed by atoms with Crippen LogP contribution in [0.1, 0.15) is 52.9 Å². The Hall–Kier alpha value is -0.860. The number of aliphatic imine (C=N–C) groups is 1. The van der Waals surface area contributed by atoms with Crippen LogP contribution < -0.4 is 5.32 Å². The van der Waals surface area contributed by atoms with Crippen molar-refractivity contribution in [1.82, 2.24) is 5.32 Å². The Morgan fingerprint density at radius 3 is 2.65 bits per heavy atom. The molecule has 2 atom stereocenters. The Morgan fingerprint density at radius 2 is 2.00 bits per heavy atom. The fourth-order valence-electron chi connectivity index (χ4n) is 3.79. The van der Waals surface area contributed by atoms with Gasteiger partial charge in [0.25, 0.3) is 0 Å². The lowest BCUT2D eigenvalue weighted by atomic mass is 9.64. The lowest BCUT2D eigenvalue weighted by molar-refractivity contribution is -0.121. The topological polar surface area (TPSA) is 41.5 Å². The van der Waals surface area contributed by atoms with E-state index >= 15 is 0 Å². The van der Waals surface area contributed by atoms with Crippen molar-refractivity contribution in [2.45, 2.75) is 58.9 Å². The summed E-state index contributed by atoms with van der Waals surface area (Å²) in [4.78, 5) is 16.6. The van der Waals surface area contributed by atoms with Crippen molar-refractivity contribution in [3.05, 3.63) is 0 Å². The number of nitrogens with zero attached hydrogens (tertiary/aromatic N) is 1. The van der Waals surface area contributed by atoms with Crippen LogP contribution >= 0.6 is 0 Å². The molecule has 1 N–H and O–H groups in total. The third-order valence-corrected chi connectivity index (χ3v) is 4.42. The number of carbonyl (C=O) groups excluding carboxylic acids is 1. The largest absolute Gasteiger partial charge is 0.314 e. The van der Waals surface area contributed by atoms with Gasteiger partial charge in [-0.3, -0.25) is 9.79 Å². The molecule has 0 aromatic carbocycles. The van der Waals surface area contributed by atoms with Gasteiger partial charge >= 0.3 is 0 Å². The second kappa shape index (κ2) is 3.33. The molecule has 3 rings (SSSR count). The minimum absolute atomic E-state index is 0.108. The fourth-order valence-corrected chi connectivity index (χ4v) is 3.79. The highest BCUT2D eigenvalue weighted by atomic mass is 16.2. The number of amidine groups is 1. The van der Waals surface area contributed by atoms with Crippen LogP contribution in [0.15, 0.2) is 4.99 Å². The molecule has 3 aliphatic rings. The summed E-state index contributed by atoms with van der Waals surface area (Å²) in [5.41, 5.74) is 0.462. The maximum Gasteiger partial charge on any atom is 0.228 e. The summed E-state index contributed by atoms with van der Waals surface area (Å²) in [7, 11) is 0. The van der Waals surface area contributed by atoms with Gasteiger partial charge in [0.15, 0.2) is 0 Å². The highest BCUT2D eigenvalue weighted by molar-refractivity contribution is 6.03. The summed E-state index contributed by atoms with van der Waals surface area (Å²) in [5, 5.41) is 3.10. The predicted octanol–water partition coefficient (Wildman–Crippen LogP) is 2.51. The van der Waals surface area contributed by atoms with Gasteiger partial charge in [0.1, 0.15) is 5.84 Å². The number of hydrogen-bond donors (Lipinski definition) is 1. The second-order valence-electron chi connectivity index (χ2n) is 7.20. The van der Waals surface area contributed by atoms with Crippen LogP contribution in [0.3, 0.4) is 0 Å². The lowest BCUT2D eigenvalue weighted by Gasteiger charge is -2.40. The van der Waals surface area contributed by atoms with Crippen molar-refractivity contribution in [3.8, 4) is 0 Å². The molecule has 0 aromatic rings. The van der Waals surface area contributed by atoms with Crippen molar-refractivity contribution in [2.75, 3.05) is 0 Å². The van der Waals surface area contributed by atoms with Crippen LogP contribution in [0, 0.1) is 16.7 Å². The van der Waals surface area contributed by atoms with Gasteiger partial charge in [0.2, 0.25) is 5.91 Å². The Labute approximate surface area is 103 Å². The minimum Gasteiger partial charge on any atom is -0.314 e. The van der Waals surface area contributed by atoms with Crippen LogP contribution in [-0.4, -0.2) is 17.8 Å². The van der Waals surface area contributed by atoms with Gasteiger partial charge in [-0.05, 0) is 37.5 Å². The Balaban J connectivity index is 1.77. The van der Waals surface area contributed by atoms with E-state index in [-0.39, 0.29) is 17.2 Å². The summed E-state index contributed by atoms with van der Waals surface area (Å²) in [5.74, 6) is 1.45. The zero-order chi connectivity index (χ0) is 12.3. The summed E-state index contributed by atoms with van der Waals surface area (Å²) in [6, 6.07) is 0.429.